The van der Waals surface area contributed by atoms with E-state index in [0.717, 1.165) is 11.4 Å². The highest BCUT2D eigenvalue weighted by molar-refractivity contribution is 6.31. The van der Waals surface area contributed by atoms with E-state index in [1.807, 2.05) is 13.8 Å². The molecule has 2 rings (SSSR count). The van der Waals surface area contributed by atoms with E-state index in [1.165, 1.54) is 6.07 Å². The predicted octanol–water partition coefficient (Wildman–Crippen LogP) is 2.65. The molecule has 0 atom stereocenters. The summed E-state index contributed by atoms with van der Waals surface area (Å²) in [5.41, 5.74) is 8.02. The standard InChI is InChI=1S/C15H15ClFN3/c1-10-15(16)11(2)20(19-10)9-13-6-5-12(4-3-7-18)8-14(13)17/h5-6,8H,7,9,18H2,1-2H3. The minimum absolute atomic E-state index is 0.258. The maximum absolute atomic E-state index is 14.0. The van der Waals surface area contributed by atoms with Crippen molar-refractivity contribution in [1.29, 1.82) is 0 Å². The number of nitrogens with two attached hydrogens (primary N) is 1. The summed E-state index contributed by atoms with van der Waals surface area (Å²) in [6.45, 7) is 4.29. The highest BCUT2D eigenvalue weighted by Crippen LogP contribution is 2.20. The molecule has 0 unspecified atom stereocenters. The third-order valence-electron chi connectivity index (χ3n) is 3.00. The Labute approximate surface area is 122 Å². The van der Waals surface area contributed by atoms with E-state index in [0.29, 0.717) is 22.7 Å². The summed E-state index contributed by atoms with van der Waals surface area (Å²) in [5, 5.41) is 4.91. The van der Waals surface area contributed by atoms with Gasteiger partial charge in [-0.3, -0.25) is 4.68 Å². The van der Waals surface area contributed by atoms with Gasteiger partial charge in [-0.25, -0.2) is 4.39 Å². The van der Waals surface area contributed by atoms with Crippen molar-refractivity contribution in [1.82, 2.24) is 9.78 Å². The highest BCUT2D eigenvalue weighted by atomic mass is 35.5. The molecule has 104 valence electrons. The summed E-state index contributed by atoms with van der Waals surface area (Å²) >= 11 is 6.08. The van der Waals surface area contributed by atoms with Crippen LogP contribution in [0.5, 0.6) is 0 Å². The number of nitrogens with zero attached hydrogens (tertiary/aromatic N) is 2. The van der Waals surface area contributed by atoms with Crippen molar-refractivity contribution in [3.8, 4) is 11.8 Å². The van der Waals surface area contributed by atoms with Crippen molar-refractivity contribution >= 4 is 11.6 Å². The largest absolute Gasteiger partial charge is 0.320 e. The summed E-state index contributed by atoms with van der Waals surface area (Å²) in [4.78, 5) is 0. The second-order valence-corrected chi connectivity index (χ2v) is 4.83. The average molecular weight is 292 g/mol. The van der Waals surface area contributed by atoms with Gasteiger partial charge in [0.05, 0.1) is 29.5 Å². The zero-order chi connectivity index (χ0) is 14.7. The van der Waals surface area contributed by atoms with Crippen LogP contribution in [0.1, 0.15) is 22.5 Å². The number of aromatic nitrogens is 2. The summed E-state index contributed by atoms with van der Waals surface area (Å²) in [6, 6.07) is 4.89. The van der Waals surface area contributed by atoms with E-state index in [4.69, 9.17) is 17.3 Å². The Morgan fingerprint density at radius 3 is 2.70 bits per heavy atom. The van der Waals surface area contributed by atoms with E-state index >= 15 is 0 Å². The van der Waals surface area contributed by atoms with Gasteiger partial charge in [-0.05, 0) is 26.0 Å². The van der Waals surface area contributed by atoms with Crippen LogP contribution in [0.25, 0.3) is 0 Å². The van der Waals surface area contributed by atoms with E-state index in [-0.39, 0.29) is 12.4 Å². The predicted molar refractivity (Wildman–Crippen MR) is 78.1 cm³/mol. The van der Waals surface area contributed by atoms with Gasteiger partial charge in [-0.15, -0.1) is 0 Å². The maximum atomic E-state index is 14.0. The number of aryl methyl sites for hydroxylation is 1. The zero-order valence-corrected chi connectivity index (χ0v) is 12.1. The fraction of sp³-hybridized carbons (Fsp3) is 0.267. The molecule has 2 aromatic rings. The van der Waals surface area contributed by atoms with Crippen molar-refractivity contribution < 1.29 is 4.39 Å². The third-order valence-corrected chi connectivity index (χ3v) is 3.55. The maximum Gasteiger partial charge on any atom is 0.129 e. The lowest BCUT2D eigenvalue weighted by atomic mass is 10.1. The average Bonchev–Trinajstić information content (AvgIpc) is 2.67. The van der Waals surface area contributed by atoms with Crippen LogP contribution >= 0.6 is 11.6 Å². The molecule has 1 aromatic heterocycles. The van der Waals surface area contributed by atoms with Crippen LogP contribution in [0.4, 0.5) is 4.39 Å². The fourth-order valence-corrected chi connectivity index (χ4v) is 2.03. The van der Waals surface area contributed by atoms with Gasteiger partial charge in [0.1, 0.15) is 5.82 Å². The Kier molecular flexibility index (Phi) is 4.43. The Balaban J connectivity index is 2.28. The van der Waals surface area contributed by atoms with Crippen molar-refractivity contribution in [2.45, 2.75) is 20.4 Å². The minimum Gasteiger partial charge on any atom is -0.320 e. The molecule has 0 aliphatic heterocycles. The van der Waals surface area contributed by atoms with Crippen LogP contribution in [0.3, 0.4) is 0 Å². The molecule has 3 nitrogen and oxygen atoms in total. The normalized spacial score (nSPS) is 10.2. The molecule has 20 heavy (non-hydrogen) atoms. The molecule has 0 spiro atoms. The summed E-state index contributed by atoms with van der Waals surface area (Å²) in [5.74, 6) is 5.19. The SMILES string of the molecule is Cc1nn(Cc2ccc(C#CCN)cc2F)c(C)c1Cl. The molecule has 1 heterocycles. The number of halogens is 2. The number of benzene rings is 1. The molecule has 2 N–H and O–H groups in total. The molecule has 1 aromatic carbocycles. The highest BCUT2D eigenvalue weighted by Gasteiger charge is 2.11. The second kappa shape index (κ2) is 6.08. The topological polar surface area (TPSA) is 43.8 Å². The Morgan fingerprint density at radius 2 is 2.15 bits per heavy atom. The Hall–Kier alpha value is -1.83. The Bertz CT molecular complexity index is 695. The van der Waals surface area contributed by atoms with Crippen LogP contribution in [0.2, 0.25) is 5.02 Å². The summed E-state index contributed by atoms with van der Waals surface area (Å²) < 4.78 is 15.7. The lowest BCUT2D eigenvalue weighted by Crippen LogP contribution is -2.06. The summed E-state index contributed by atoms with van der Waals surface area (Å²) in [6.07, 6.45) is 0. The van der Waals surface area contributed by atoms with Gasteiger partial charge in [0.2, 0.25) is 0 Å². The molecule has 0 amide bonds. The molecule has 0 bridgehead atoms. The van der Waals surface area contributed by atoms with Gasteiger partial charge in [-0.1, -0.05) is 29.5 Å². The molecule has 0 saturated heterocycles. The van der Waals surface area contributed by atoms with Crippen LogP contribution in [-0.4, -0.2) is 16.3 Å². The van der Waals surface area contributed by atoms with Gasteiger partial charge in [0.25, 0.3) is 0 Å². The lowest BCUT2D eigenvalue weighted by Gasteiger charge is -2.06. The lowest BCUT2D eigenvalue weighted by molar-refractivity contribution is 0.578. The van der Waals surface area contributed by atoms with E-state index in [2.05, 4.69) is 16.9 Å². The monoisotopic (exact) mass is 291 g/mol. The molecule has 5 heteroatoms. The van der Waals surface area contributed by atoms with Gasteiger partial charge >= 0.3 is 0 Å². The molecule has 0 aliphatic rings. The summed E-state index contributed by atoms with van der Waals surface area (Å²) in [7, 11) is 0. The number of hydrogen-bond acceptors (Lipinski definition) is 2. The number of hydrogen-bond donors (Lipinski definition) is 1. The molecule has 0 fully saturated rings. The van der Waals surface area contributed by atoms with Crippen molar-refractivity contribution in [2.75, 3.05) is 6.54 Å². The van der Waals surface area contributed by atoms with Crippen molar-refractivity contribution in [3.05, 3.63) is 51.6 Å². The molecule has 0 saturated carbocycles. The molecular weight excluding hydrogens is 277 g/mol. The van der Waals surface area contributed by atoms with Crippen LogP contribution < -0.4 is 5.73 Å². The van der Waals surface area contributed by atoms with Gasteiger partial charge in [0, 0.05) is 11.1 Å². The first kappa shape index (κ1) is 14.6. The van der Waals surface area contributed by atoms with Gasteiger partial charge in [0.15, 0.2) is 0 Å². The van der Waals surface area contributed by atoms with E-state index in [1.54, 1.807) is 16.8 Å². The van der Waals surface area contributed by atoms with Crippen LogP contribution in [-0.2, 0) is 6.54 Å². The second-order valence-electron chi connectivity index (χ2n) is 4.45. The quantitative estimate of drug-likeness (QED) is 0.865. The minimum atomic E-state index is -0.308. The van der Waals surface area contributed by atoms with Gasteiger partial charge in [-0.2, -0.15) is 5.10 Å². The van der Waals surface area contributed by atoms with Crippen LogP contribution in [0, 0.1) is 31.5 Å². The number of rotatable bonds is 2. The van der Waals surface area contributed by atoms with Crippen molar-refractivity contribution in [3.63, 3.8) is 0 Å². The smallest absolute Gasteiger partial charge is 0.129 e. The van der Waals surface area contributed by atoms with Crippen molar-refractivity contribution in [2.24, 2.45) is 5.73 Å². The zero-order valence-electron chi connectivity index (χ0n) is 11.4. The van der Waals surface area contributed by atoms with E-state index < -0.39 is 0 Å². The fourth-order valence-electron chi connectivity index (χ4n) is 1.90. The molecule has 0 aliphatic carbocycles. The van der Waals surface area contributed by atoms with Gasteiger partial charge < -0.3 is 5.73 Å². The molecule has 0 radical (unpaired) electrons. The first-order valence-corrected chi connectivity index (χ1v) is 6.57. The first-order valence-electron chi connectivity index (χ1n) is 6.19. The molecular formula is C15H15ClFN3. The van der Waals surface area contributed by atoms with Crippen LogP contribution in [0.15, 0.2) is 18.2 Å². The third kappa shape index (κ3) is 3.01. The first-order chi connectivity index (χ1) is 9.52. The van der Waals surface area contributed by atoms with E-state index in [9.17, 15) is 4.39 Å². The Morgan fingerprint density at radius 1 is 1.40 bits per heavy atom.